The number of nitro groups is 1. The Morgan fingerprint density at radius 1 is 1.23 bits per heavy atom. The molecule has 0 atom stereocenters. The van der Waals surface area contributed by atoms with Gasteiger partial charge in [0.1, 0.15) is 6.54 Å². The highest BCUT2D eigenvalue weighted by Gasteiger charge is 2.15. The van der Waals surface area contributed by atoms with Gasteiger partial charge in [-0.15, -0.1) is 11.8 Å². The number of amides is 1. The van der Waals surface area contributed by atoms with E-state index in [-0.39, 0.29) is 31.2 Å². The molecule has 3 rings (SSSR count). The van der Waals surface area contributed by atoms with Gasteiger partial charge in [0.25, 0.3) is 5.69 Å². The molecule has 0 aliphatic carbocycles. The lowest BCUT2D eigenvalue weighted by Gasteiger charge is -2.05. The van der Waals surface area contributed by atoms with Crippen LogP contribution >= 0.6 is 23.1 Å². The number of aromatic nitrogens is 1. The number of hydrogen-bond acceptors (Lipinski definition) is 7. The average molecular weight is 460 g/mol. The Kier molecular flexibility index (Phi) is 7.96. The molecule has 1 amide bonds. The Morgan fingerprint density at radius 3 is 2.71 bits per heavy atom. The summed E-state index contributed by atoms with van der Waals surface area (Å²) in [5, 5.41) is 11.1. The van der Waals surface area contributed by atoms with Gasteiger partial charge in [-0.2, -0.15) is 4.99 Å². The lowest BCUT2D eigenvalue weighted by molar-refractivity contribution is -0.384. The van der Waals surface area contributed by atoms with Crippen molar-refractivity contribution in [3.05, 3.63) is 63.4 Å². The Morgan fingerprint density at radius 2 is 2.00 bits per heavy atom. The number of hydrogen-bond donors (Lipinski definition) is 0. The monoisotopic (exact) mass is 459 g/mol. The third-order valence-electron chi connectivity index (χ3n) is 4.24. The van der Waals surface area contributed by atoms with Crippen molar-refractivity contribution >= 4 is 50.9 Å². The number of rotatable bonds is 9. The number of carbonyl (C=O) groups excluding carboxylic acids is 2. The summed E-state index contributed by atoms with van der Waals surface area (Å²) in [4.78, 5) is 40.8. The number of nitro benzene ring substituents is 1. The number of thioether (sulfide) groups is 1. The standard InChI is InChI=1S/C21H21N3O5S2/c1-2-29-20(26)14-23-17-13-15(24(27)28)10-11-18(17)31-21(23)22-19(25)9-6-12-30-16-7-4-3-5-8-16/h3-5,7-8,10-11,13H,2,6,9,12,14H2,1H3. The van der Waals surface area contributed by atoms with Crippen LogP contribution in [-0.4, -0.2) is 33.7 Å². The van der Waals surface area contributed by atoms with Crippen LogP contribution in [0, 0.1) is 10.1 Å². The SMILES string of the molecule is CCOC(=O)Cn1c(=NC(=O)CCCSc2ccccc2)sc2ccc([N+](=O)[O-])cc21. The summed E-state index contributed by atoms with van der Waals surface area (Å²) in [5.74, 6) is -0.0126. The van der Waals surface area contributed by atoms with Crippen LogP contribution in [0.5, 0.6) is 0 Å². The first-order valence-electron chi connectivity index (χ1n) is 9.66. The minimum Gasteiger partial charge on any atom is -0.465 e. The van der Waals surface area contributed by atoms with Gasteiger partial charge in [0.15, 0.2) is 4.80 Å². The molecule has 1 aromatic heterocycles. The number of fused-ring (bicyclic) bond motifs is 1. The third kappa shape index (κ3) is 6.25. The maximum absolute atomic E-state index is 12.4. The number of benzene rings is 2. The predicted molar refractivity (Wildman–Crippen MR) is 120 cm³/mol. The van der Waals surface area contributed by atoms with Gasteiger partial charge >= 0.3 is 5.97 Å². The number of carbonyl (C=O) groups is 2. The second kappa shape index (κ2) is 10.9. The maximum atomic E-state index is 12.4. The largest absolute Gasteiger partial charge is 0.465 e. The molecule has 8 nitrogen and oxygen atoms in total. The van der Waals surface area contributed by atoms with Crippen molar-refractivity contribution in [2.45, 2.75) is 31.2 Å². The minimum atomic E-state index is -0.502. The quantitative estimate of drug-likeness (QED) is 0.156. The van der Waals surface area contributed by atoms with Crippen LogP contribution in [0.25, 0.3) is 10.2 Å². The molecule has 0 bridgehead atoms. The van der Waals surface area contributed by atoms with Gasteiger partial charge in [-0.3, -0.25) is 19.7 Å². The summed E-state index contributed by atoms with van der Waals surface area (Å²) in [6, 6.07) is 14.3. The van der Waals surface area contributed by atoms with Crippen molar-refractivity contribution in [3.63, 3.8) is 0 Å². The van der Waals surface area contributed by atoms with E-state index in [9.17, 15) is 19.7 Å². The predicted octanol–water partition coefficient (Wildman–Crippen LogP) is 4.17. The molecule has 0 N–H and O–H groups in total. The molecule has 162 valence electrons. The van der Waals surface area contributed by atoms with Crippen LogP contribution in [0.3, 0.4) is 0 Å². The molecule has 0 aliphatic heterocycles. The third-order valence-corrected chi connectivity index (χ3v) is 6.39. The van der Waals surface area contributed by atoms with Crippen LogP contribution in [0.1, 0.15) is 19.8 Å². The van der Waals surface area contributed by atoms with E-state index in [0.717, 1.165) is 10.6 Å². The lowest BCUT2D eigenvalue weighted by Crippen LogP contribution is -2.23. The molecule has 10 heteroatoms. The van der Waals surface area contributed by atoms with Gasteiger partial charge in [-0.25, -0.2) is 0 Å². The topological polar surface area (TPSA) is 104 Å². The molecule has 0 aliphatic rings. The number of ether oxygens (including phenoxy) is 1. The van der Waals surface area contributed by atoms with Crippen molar-refractivity contribution in [1.29, 1.82) is 0 Å². The first-order chi connectivity index (χ1) is 15.0. The molecule has 0 unspecified atom stereocenters. The van der Waals surface area contributed by atoms with Gasteiger partial charge in [0, 0.05) is 23.4 Å². The van der Waals surface area contributed by atoms with E-state index < -0.39 is 10.9 Å². The summed E-state index contributed by atoms with van der Waals surface area (Å²) >= 11 is 2.88. The highest BCUT2D eigenvalue weighted by Crippen LogP contribution is 2.23. The second-order valence-electron chi connectivity index (χ2n) is 6.46. The van der Waals surface area contributed by atoms with Gasteiger partial charge in [-0.05, 0) is 37.3 Å². The molecular formula is C21H21N3O5S2. The maximum Gasteiger partial charge on any atom is 0.326 e. The Labute approximate surface area is 186 Å². The number of nitrogens with zero attached hydrogens (tertiary/aromatic N) is 3. The highest BCUT2D eigenvalue weighted by molar-refractivity contribution is 7.99. The van der Waals surface area contributed by atoms with E-state index in [0.29, 0.717) is 21.4 Å². The number of non-ortho nitro benzene ring substituents is 1. The summed E-state index contributed by atoms with van der Waals surface area (Å²) in [7, 11) is 0. The van der Waals surface area contributed by atoms with E-state index in [2.05, 4.69) is 4.99 Å². The fraction of sp³-hybridized carbons (Fsp3) is 0.286. The summed E-state index contributed by atoms with van der Waals surface area (Å²) in [6.45, 7) is 1.73. The molecule has 0 radical (unpaired) electrons. The first kappa shape index (κ1) is 22.7. The molecular weight excluding hydrogens is 438 g/mol. The Bertz CT molecular complexity index is 1150. The van der Waals surface area contributed by atoms with E-state index in [1.165, 1.54) is 28.0 Å². The summed E-state index contributed by atoms with van der Waals surface area (Å²) in [5.41, 5.74) is 0.372. The van der Waals surface area contributed by atoms with E-state index in [1.54, 1.807) is 24.8 Å². The first-order valence-corrected chi connectivity index (χ1v) is 11.5. The van der Waals surface area contributed by atoms with Crippen LogP contribution in [0.4, 0.5) is 5.69 Å². The molecule has 1 heterocycles. The highest BCUT2D eigenvalue weighted by atomic mass is 32.2. The zero-order valence-electron chi connectivity index (χ0n) is 16.9. The fourth-order valence-electron chi connectivity index (χ4n) is 2.84. The molecule has 2 aromatic carbocycles. The van der Waals surface area contributed by atoms with Crippen molar-refractivity contribution in [2.75, 3.05) is 12.4 Å². The zero-order valence-corrected chi connectivity index (χ0v) is 18.5. The van der Waals surface area contributed by atoms with Crippen molar-refractivity contribution < 1.29 is 19.2 Å². The van der Waals surface area contributed by atoms with Crippen molar-refractivity contribution in [2.24, 2.45) is 4.99 Å². The lowest BCUT2D eigenvalue weighted by atomic mass is 10.3. The Hall–Kier alpha value is -2.98. The Balaban J connectivity index is 1.79. The van der Waals surface area contributed by atoms with Crippen LogP contribution in [-0.2, 0) is 20.9 Å². The van der Waals surface area contributed by atoms with E-state index >= 15 is 0 Å². The molecule has 3 aromatic rings. The minimum absolute atomic E-state index is 0.0984. The van der Waals surface area contributed by atoms with Gasteiger partial charge in [0.2, 0.25) is 5.91 Å². The van der Waals surface area contributed by atoms with Crippen molar-refractivity contribution in [1.82, 2.24) is 4.57 Å². The van der Waals surface area contributed by atoms with E-state index in [4.69, 9.17) is 4.74 Å². The van der Waals surface area contributed by atoms with Gasteiger partial charge in [-0.1, -0.05) is 29.5 Å². The van der Waals surface area contributed by atoms with Crippen LogP contribution < -0.4 is 4.80 Å². The molecule has 0 saturated carbocycles. The average Bonchev–Trinajstić information content (AvgIpc) is 3.08. The summed E-state index contributed by atoms with van der Waals surface area (Å²) < 4.78 is 7.20. The molecule has 31 heavy (non-hydrogen) atoms. The van der Waals surface area contributed by atoms with Gasteiger partial charge < -0.3 is 9.30 Å². The summed E-state index contributed by atoms with van der Waals surface area (Å²) in [6.07, 6.45) is 0.934. The fourth-order valence-corrected chi connectivity index (χ4v) is 4.74. The van der Waals surface area contributed by atoms with E-state index in [1.807, 2.05) is 30.3 Å². The zero-order chi connectivity index (χ0) is 22.2. The molecule has 0 saturated heterocycles. The molecule has 0 fully saturated rings. The molecule has 0 spiro atoms. The number of esters is 1. The van der Waals surface area contributed by atoms with Crippen LogP contribution in [0.2, 0.25) is 0 Å². The van der Waals surface area contributed by atoms with Crippen molar-refractivity contribution in [3.8, 4) is 0 Å². The van der Waals surface area contributed by atoms with Crippen LogP contribution in [0.15, 0.2) is 58.4 Å². The second-order valence-corrected chi connectivity index (χ2v) is 8.63. The normalized spacial score (nSPS) is 11.6. The number of thiazole rings is 1. The van der Waals surface area contributed by atoms with Gasteiger partial charge in [0.05, 0.1) is 21.7 Å². The smallest absolute Gasteiger partial charge is 0.326 e.